The van der Waals surface area contributed by atoms with Crippen LogP contribution in [0.5, 0.6) is 0 Å². The van der Waals surface area contributed by atoms with E-state index in [-0.39, 0.29) is 18.4 Å². The fourth-order valence-corrected chi connectivity index (χ4v) is 2.45. The van der Waals surface area contributed by atoms with Crippen LogP contribution in [-0.2, 0) is 11.2 Å². The number of aromatic nitrogens is 2. The van der Waals surface area contributed by atoms with Crippen LogP contribution in [0.15, 0.2) is 9.52 Å². The third kappa shape index (κ3) is 5.50. The minimum absolute atomic E-state index is 0.0863. The predicted octanol–water partition coefficient (Wildman–Crippen LogP) is 0.913. The van der Waals surface area contributed by atoms with Crippen LogP contribution >= 0.6 is 0 Å². The van der Waals surface area contributed by atoms with Crippen LogP contribution in [0.4, 0.5) is 0 Å². The number of likely N-dealkylation sites (tertiary alicyclic amines) is 1. The van der Waals surface area contributed by atoms with E-state index in [1.807, 2.05) is 25.7 Å². The summed E-state index contributed by atoms with van der Waals surface area (Å²) in [6.07, 6.45) is 2.80. The third-order valence-electron chi connectivity index (χ3n) is 3.81. The minimum Gasteiger partial charge on any atom is -0.357 e. The first kappa shape index (κ1) is 18.2. The maximum Gasteiger partial charge on any atom is 0.244 e. The van der Waals surface area contributed by atoms with Crippen LogP contribution in [0.2, 0.25) is 0 Å². The van der Waals surface area contributed by atoms with E-state index in [4.69, 9.17) is 4.52 Å². The first-order valence-corrected chi connectivity index (χ1v) is 8.72. The number of hydrogen-bond donors (Lipinski definition) is 2. The normalized spacial score (nSPS) is 15.2. The number of rotatable bonds is 7. The molecule has 1 aliphatic rings. The largest absolute Gasteiger partial charge is 0.357 e. The van der Waals surface area contributed by atoms with Gasteiger partial charge < -0.3 is 20.1 Å². The van der Waals surface area contributed by atoms with Gasteiger partial charge in [-0.25, -0.2) is 4.99 Å². The Morgan fingerprint density at radius 1 is 1.33 bits per heavy atom. The second kappa shape index (κ2) is 9.24. The van der Waals surface area contributed by atoms with Crippen LogP contribution in [0.25, 0.3) is 0 Å². The average molecular weight is 336 g/mol. The molecule has 1 amide bonds. The zero-order chi connectivity index (χ0) is 17.4. The number of nitrogens with zero attached hydrogens (tertiary/aromatic N) is 4. The van der Waals surface area contributed by atoms with Crippen molar-refractivity contribution in [2.24, 2.45) is 4.99 Å². The monoisotopic (exact) mass is 336 g/mol. The van der Waals surface area contributed by atoms with Gasteiger partial charge in [0.25, 0.3) is 0 Å². The predicted molar refractivity (Wildman–Crippen MR) is 91.9 cm³/mol. The Balaban J connectivity index is 1.78. The Kier molecular flexibility index (Phi) is 7.02. The molecule has 2 rings (SSSR count). The molecular formula is C16H28N6O2. The van der Waals surface area contributed by atoms with Crippen molar-refractivity contribution < 1.29 is 9.32 Å². The van der Waals surface area contributed by atoms with Crippen molar-refractivity contribution in [1.29, 1.82) is 0 Å². The molecule has 2 heterocycles. The number of nitrogens with one attached hydrogen (secondary N) is 2. The van der Waals surface area contributed by atoms with E-state index in [0.717, 1.165) is 38.3 Å². The van der Waals surface area contributed by atoms with Crippen LogP contribution in [0, 0.1) is 0 Å². The first-order chi connectivity index (χ1) is 11.6. The molecule has 2 N–H and O–H groups in total. The first-order valence-electron chi connectivity index (χ1n) is 8.72. The molecule has 1 aromatic heterocycles. The lowest BCUT2D eigenvalue weighted by Crippen LogP contribution is -2.39. The molecule has 8 heteroatoms. The smallest absolute Gasteiger partial charge is 0.244 e. The molecule has 0 aromatic carbocycles. The molecule has 0 aliphatic carbocycles. The number of carbonyl (C=O) groups excluding carboxylic acids is 1. The molecule has 1 aliphatic heterocycles. The Labute approximate surface area is 143 Å². The van der Waals surface area contributed by atoms with Gasteiger partial charge in [0, 0.05) is 38.5 Å². The van der Waals surface area contributed by atoms with Crippen LogP contribution in [-0.4, -0.2) is 59.6 Å². The number of guanidine groups is 1. The van der Waals surface area contributed by atoms with Gasteiger partial charge in [0.1, 0.15) is 6.54 Å². The lowest BCUT2D eigenvalue weighted by Gasteiger charge is -2.15. The summed E-state index contributed by atoms with van der Waals surface area (Å²) in [6.45, 7) is 9.28. The molecule has 24 heavy (non-hydrogen) atoms. The zero-order valence-corrected chi connectivity index (χ0v) is 14.8. The van der Waals surface area contributed by atoms with Gasteiger partial charge in [-0.15, -0.1) is 0 Å². The summed E-state index contributed by atoms with van der Waals surface area (Å²) in [7, 11) is 0. The van der Waals surface area contributed by atoms with Gasteiger partial charge in [0.15, 0.2) is 11.8 Å². The highest BCUT2D eigenvalue weighted by Gasteiger charge is 2.17. The van der Waals surface area contributed by atoms with Crippen molar-refractivity contribution in [2.75, 3.05) is 32.7 Å². The summed E-state index contributed by atoms with van der Waals surface area (Å²) < 4.78 is 5.21. The zero-order valence-electron chi connectivity index (χ0n) is 14.8. The molecule has 134 valence electrons. The molecule has 0 spiro atoms. The van der Waals surface area contributed by atoms with E-state index in [2.05, 4.69) is 25.8 Å². The molecule has 0 unspecified atom stereocenters. The number of hydrogen-bond acceptors (Lipinski definition) is 5. The molecule has 0 bridgehead atoms. The van der Waals surface area contributed by atoms with Gasteiger partial charge >= 0.3 is 0 Å². The number of amides is 1. The van der Waals surface area contributed by atoms with Gasteiger partial charge in [-0.2, -0.15) is 4.98 Å². The molecule has 8 nitrogen and oxygen atoms in total. The standard InChI is InChI=1S/C16H28N6O2/c1-4-17-16(19-11-14(23)22-9-5-6-10-22)18-8-7-13-20-15(12(2)3)21-24-13/h12H,4-11H2,1-3H3,(H2,17,18,19). The van der Waals surface area contributed by atoms with Gasteiger partial charge in [-0.05, 0) is 19.8 Å². The number of carbonyl (C=O) groups is 1. The van der Waals surface area contributed by atoms with Gasteiger partial charge in [0.05, 0.1) is 0 Å². The van der Waals surface area contributed by atoms with E-state index in [0.29, 0.717) is 24.8 Å². The van der Waals surface area contributed by atoms with E-state index in [1.165, 1.54) is 0 Å². The Bertz CT molecular complexity index is 549. The topological polar surface area (TPSA) is 95.7 Å². The van der Waals surface area contributed by atoms with Crippen molar-refractivity contribution >= 4 is 11.9 Å². The van der Waals surface area contributed by atoms with Crippen LogP contribution < -0.4 is 10.6 Å². The summed E-state index contributed by atoms with van der Waals surface area (Å²) >= 11 is 0. The second-order valence-corrected chi connectivity index (χ2v) is 6.16. The highest BCUT2D eigenvalue weighted by Crippen LogP contribution is 2.09. The van der Waals surface area contributed by atoms with Crippen molar-refractivity contribution in [3.8, 4) is 0 Å². The fraction of sp³-hybridized carbons (Fsp3) is 0.750. The molecule has 1 fully saturated rings. The summed E-state index contributed by atoms with van der Waals surface area (Å²) in [5.41, 5.74) is 0. The van der Waals surface area contributed by atoms with Crippen molar-refractivity contribution in [2.45, 2.75) is 46.0 Å². The molecular weight excluding hydrogens is 308 g/mol. The average Bonchev–Trinajstić information content (AvgIpc) is 3.23. The molecule has 0 saturated carbocycles. The maximum atomic E-state index is 12.0. The van der Waals surface area contributed by atoms with Gasteiger partial charge in [-0.1, -0.05) is 19.0 Å². The summed E-state index contributed by atoms with van der Waals surface area (Å²) in [5.74, 6) is 2.31. The summed E-state index contributed by atoms with van der Waals surface area (Å²) in [5, 5.41) is 10.3. The lowest BCUT2D eigenvalue weighted by molar-refractivity contribution is -0.128. The van der Waals surface area contributed by atoms with Gasteiger partial charge in [-0.3, -0.25) is 4.79 Å². The third-order valence-corrected chi connectivity index (χ3v) is 3.81. The number of aliphatic imine (C=N–C) groups is 1. The van der Waals surface area contributed by atoms with Crippen LogP contribution in [0.3, 0.4) is 0 Å². The molecule has 0 radical (unpaired) electrons. The lowest BCUT2D eigenvalue weighted by atomic mass is 10.2. The van der Waals surface area contributed by atoms with Crippen molar-refractivity contribution in [3.05, 3.63) is 11.7 Å². The van der Waals surface area contributed by atoms with Crippen molar-refractivity contribution in [1.82, 2.24) is 25.7 Å². The Hall–Kier alpha value is -2.12. The molecule has 1 saturated heterocycles. The second-order valence-electron chi connectivity index (χ2n) is 6.16. The Morgan fingerprint density at radius 2 is 2.08 bits per heavy atom. The highest BCUT2D eigenvalue weighted by atomic mass is 16.5. The fourth-order valence-electron chi connectivity index (χ4n) is 2.45. The van der Waals surface area contributed by atoms with Gasteiger partial charge in [0.2, 0.25) is 11.8 Å². The summed E-state index contributed by atoms with van der Waals surface area (Å²) in [6, 6.07) is 0. The SMILES string of the molecule is CCNC(=NCC(=O)N1CCCC1)NCCc1nc(C(C)C)no1. The molecule has 0 atom stereocenters. The minimum atomic E-state index is 0.0863. The van der Waals surface area contributed by atoms with Crippen molar-refractivity contribution in [3.63, 3.8) is 0 Å². The highest BCUT2D eigenvalue weighted by molar-refractivity contribution is 5.85. The Morgan fingerprint density at radius 3 is 2.71 bits per heavy atom. The van der Waals surface area contributed by atoms with E-state index >= 15 is 0 Å². The summed E-state index contributed by atoms with van der Waals surface area (Å²) in [4.78, 5) is 22.6. The maximum absolute atomic E-state index is 12.0. The van der Waals surface area contributed by atoms with E-state index < -0.39 is 0 Å². The quantitative estimate of drug-likeness (QED) is 0.568. The van der Waals surface area contributed by atoms with Crippen LogP contribution in [0.1, 0.15) is 51.2 Å². The van der Waals surface area contributed by atoms with E-state index in [9.17, 15) is 4.79 Å². The van der Waals surface area contributed by atoms with E-state index in [1.54, 1.807) is 0 Å². The molecule has 1 aromatic rings.